The zero-order chi connectivity index (χ0) is 11.0. The van der Waals surface area contributed by atoms with Crippen LogP contribution in [0.4, 0.5) is 4.39 Å². The first-order chi connectivity index (χ1) is 7.76. The summed E-state index contributed by atoms with van der Waals surface area (Å²) in [6.45, 7) is 1.72. The van der Waals surface area contributed by atoms with Gasteiger partial charge in [0.05, 0.1) is 0 Å². The van der Waals surface area contributed by atoms with Gasteiger partial charge in [0.2, 0.25) is 0 Å². The summed E-state index contributed by atoms with van der Waals surface area (Å²) in [5, 5.41) is 0. The van der Waals surface area contributed by atoms with E-state index in [2.05, 4.69) is 17.0 Å². The van der Waals surface area contributed by atoms with E-state index in [0.717, 1.165) is 44.7 Å². The Morgan fingerprint density at radius 2 is 1.88 bits per heavy atom. The van der Waals surface area contributed by atoms with Crippen molar-refractivity contribution in [3.05, 3.63) is 35.9 Å². The number of piperidine rings is 2. The van der Waals surface area contributed by atoms with Gasteiger partial charge in [0.25, 0.3) is 0 Å². The second-order valence-electron chi connectivity index (χ2n) is 5.23. The van der Waals surface area contributed by atoms with E-state index in [4.69, 9.17) is 0 Å². The van der Waals surface area contributed by atoms with E-state index in [1.807, 2.05) is 18.2 Å². The van der Waals surface area contributed by atoms with Crippen LogP contribution >= 0.6 is 0 Å². The fourth-order valence-electron chi connectivity index (χ4n) is 3.10. The van der Waals surface area contributed by atoms with E-state index in [0.29, 0.717) is 0 Å². The molecule has 1 aromatic carbocycles. The molecule has 0 radical (unpaired) electrons. The van der Waals surface area contributed by atoms with Crippen LogP contribution in [0, 0.1) is 5.92 Å². The molecule has 1 aliphatic carbocycles. The average molecular weight is 219 g/mol. The predicted octanol–water partition coefficient (Wildman–Crippen LogP) is 3.36. The van der Waals surface area contributed by atoms with Crippen LogP contribution in [0.2, 0.25) is 0 Å². The van der Waals surface area contributed by atoms with Gasteiger partial charge in [0, 0.05) is 13.1 Å². The number of alkyl halides is 1. The van der Waals surface area contributed by atoms with E-state index in [1.54, 1.807) is 0 Å². The van der Waals surface area contributed by atoms with Crippen LogP contribution in [-0.4, -0.2) is 17.2 Å². The van der Waals surface area contributed by atoms with Crippen molar-refractivity contribution in [1.82, 2.24) is 4.90 Å². The largest absolute Gasteiger partial charge is 0.267 e. The molecular weight excluding hydrogens is 201 g/mol. The summed E-state index contributed by atoms with van der Waals surface area (Å²) in [6, 6.07) is 10.2. The van der Waals surface area contributed by atoms with Gasteiger partial charge >= 0.3 is 0 Å². The summed E-state index contributed by atoms with van der Waals surface area (Å²) in [6.07, 6.45) is 3.65. The van der Waals surface area contributed by atoms with E-state index in [-0.39, 0.29) is 0 Å². The van der Waals surface area contributed by atoms with Gasteiger partial charge in [-0.2, -0.15) is 0 Å². The van der Waals surface area contributed by atoms with E-state index in [1.165, 1.54) is 5.56 Å². The minimum atomic E-state index is -1.01. The molecule has 0 atom stereocenters. The summed E-state index contributed by atoms with van der Waals surface area (Å²) in [7, 11) is 0. The van der Waals surface area contributed by atoms with Gasteiger partial charge in [-0.25, -0.2) is 4.39 Å². The second-order valence-corrected chi connectivity index (χ2v) is 5.23. The molecule has 0 spiro atoms. The Balaban J connectivity index is 1.76. The summed E-state index contributed by atoms with van der Waals surface area (Å²) >= 11 is 0. The van der Waals surface area contributed by atoms with E-state index in [9.17, 15) is 4.39 Å². The molecule has 3 fully saturated rings. The monoisotopic (exact) mass is 219 g/mol. The zero-order valence-corrected chi connectivity index (χ0v) is 9.53. The molecule has 3 aliphatic rings. The van der Waals surface area contributed by atoms with E-state index < -0.39 is 5.79 Å². The van der Waals surface area contributed by atoms with Crippen molar-refractivity contribution in [1.29, 1.82) is 0 Å². The zero-order valence-electron chi connectivity index (χ0n) is 9.53. The van der Waals surface area contributed by atoms with Crippen LogP contribution in [-0.2, 0) is 6.54 Å². The van der Waals surface area contributed by atoms with Crippen molar-refractivity contribution < 1.29 is 4.39 Å². The lowest BCUT2D eigenvalue weighted by atomic mass is 9.78. The molecule has 1 saturated carbocycles. The topological polar surface area (TPSA) is 3.24 Å². The number of halogens is 1. The van der Waals surface area contributed by atoms with Crippen molar-refractivity contribution in [3.63, 3.8) is 0 Å². The number of nitrogens with zero attached hydrogens (tertiary/aromatic N) is 1. The van der Waals surface area contributed by atoms with Crippen LogP contribution in [0.3, 0.4) is 0 Å². The molecule has 2 aliphatic heterocycles. The molecule has 0 aromatic heterocycles. The van der Waals surface area contributed by atoms with Crippen LogP contribution in [0.1, 0.15) is 31.2 Å². The van der Waals surface area contributed by atoms with Crippen LogP contribution in [0.15, 0.2) is 30.3 Å². The maximum Gasteiger partial charge on any atom is 0.164 e. The molecular formula is C14H18FN. The highest BCUT2D eigenvalue weighted by atomic mass is 19.1. The highest BCUT2D eigenvalue weighted by molar-refractivity contribution is 5.15. The van der Waals surface area contributed by atoms with Crippen LogP contribution in [0.25, 0.3) is 0 Å². The van der Waals surface area contributed by atoms with Crippen molar-refractivity contribution in [2.75, 3.05) is 6.54 Å². The molecule has 1 nitrogen and oxygen atoms in total. The third kappa shape index (κ3) is 1.75. The number of hydrogen-bond acceptors (Lipinski definition) is 1. The second kappa shape index (κ2) is 3.85. The molecule has 2 bridgehead atoms. The summed E-state index contributed by atoms with van der Waals surface area (Å²) in [5.41, 5.74) is 1.23. The Morgan fingerprint density at radius 1 is 1.19 bits per heavy atom. The fraction of sp³-hybridized carbons (Fsp3) is 0.571. The molecule has 4 rings (SSSR count). The molecule has 2 heteroatoms. The summed E-state index contributed by atoms with van der Waals surface area (Å²) in [4.78, 5) is 2.06. The van der Waals surface area contributed by atoms with Gasteiger partial charge in [-0.3, -0.25) is 4.90 Å². The van der Waals surface area contributed by atoms with Crippen LogP contribution in [0.5, 0.6) is 0 Å². The maximum absolute atomic E-state index is 14.6. The SMILES string of the molecule is FC12CCC(CC1)CN2Cc1ccccc1. The highest BCUT2D eigenvalue weighted by Crippen LogP contribution is 2.44. The van der Waals surface area contributed by atoms with E-state index >= 15 is 0 Å². The third-order valence-electron chi connectivity index (χ3n) is 4.13. The molecule has 0 N–H and O–H groups in total. The third-order valence-corrected chi connectivity index (χ3v) is 4.13. The van der Waals surface area contributed by atoms with Crippen molar-refractivity contribution >= 4 is 0 Å². The number of fused-ring (bicyclic) bond motifs is 3. The Hall–Kier alpha value is -0.890. The normalized spacial score (nSPS) is 34.2. The average Bonchev–Trinajstić information content (AvgIpc) is 2.32. The molecule has 2 heterocycles. The van der Waals surface area contributed by atoms with Gasteiger partial charge in [-0.05, 0) is 37.2 Å². The standard InChI is InChI=1S/C14H18FN/c15-14-8-6-13(7-9-14)11-16(14)10-12-4-2-1-3-5-12/h1-5,13H,6-11H2. The first kappa shape index (κ1) is 10.3. The Labute approximate surface area is 96.3 Å². The lowest BCUT2D eigenvalue weighted by molar-refractivity contribution is -0.128. The lowest BCUT2D eigenvalue weighted by Gasteiger charge is -2.49. The number of benzene rings is 1. The molecule has 0 amide bonds. The highest BCUT2D eigenvalue weighted by Gasteiger charge is 2.46. The molecule has 2 saturated heterocycles. The molecule has 0 unspecified atom stereocenters. The Morgan fingerprint density at radius 3 is 2.50 bits per heavy atom. The fourth-order valence-corrected chi connectivity index (χ4v) is 3.10. The van der Waals surface area contributed by atoms with Crippen molar-refractivity contribution in [3.8, 4) is 0 Å². The van der Waals surface area contributed by atoms with Gasteiger partial charge < -0.3 is 0 Å². The molecule has 16 heavy (non-hydrogen) atoms. The summed E-state index contributed by atoms with van der Waals surface area (Å²) in [5.74, 6) is -0.272. The smallest absolute Gasteiger partial charge is 0.164 e. The molecule has 86 valence electrons. The first-order valence-electron chi connectivity index (χ1n) is 6.24. The Bertz CT molecular complexity index is 354. The van der Waals surface area contributed by atoms with Crippen molar-refractivity contribution in [2.45, 2.75) is 38.0 Å². The first-order valence-corrected chi connectivity index (χ1v) is 6.24. The quantitative estimate of drug-likeness (QED) is 0.689. The van der Waals surface area contributed by atoms with Crippen molar-refractivity contribution in [2.24, 2.45) is 5.92 Å². The Kier molecular flexibility index (Phi) is 2.47. The van der Waals surface area contributed by atoms with Gasteiger partial charge in [-0.15, -0.1) is 0 Å². The number of hydrogen-bond donors (Lipinski definition) is 0. The predicted molar refractivity (Wildman–Crippen MR) is 62.6 cm³/mol. The minimum absolute atomic E-state index is 0.737. The van der Waals surface area contributed by atoms with Gasteiger partial charge in [0.1, 0.15) is 0 Å². The molecule has 1 aromatic rings. The lowest BCUT2D eigenvalue weighted by Crippen LogP contribution is -2.54. The number of rotatable bonds is 2. The van der Waals surface area contributed by atoms with Crippen LogP contribution < -0.4 is 0 Å². The van der Waals surface area contributed by atoms with Gasteiger partial charge in [0.15, 0.2) is 5.79 Å². The van der Waals surface area contributed by atoms with Gasteiger partial charge in [-0.1, -0.05) is 30.3 Å². The summed E-state index contributed by atoms with van der Waals surface area (Å²) < 4.78 is 14.6. The maximum atomic E-state index is 14.6. The minimum Gasteiger partial charge on any atom is -0.267 e.